The van der Waals surface area contributed by atoms with Gasteiger partial charge in [-0.05, 0) is 18.6 Å². The molecule has 0 fully saturated rings. The van der Waals surface area contributed by atoms with E-state index in [4.69, 9.17) is 16.3 Å². The Labute approximate surface area is 139 Å². The third-order valence-corrected chi connectivity index (χ3v) is 3.20. The van der Waals surface area contributed by atoms with Gasteiger partial charge in [0, 0.05) is 18.1 Å². The minimum atomic E-state index is -0.526. The molecule has 2 aromatic rings. The van der Waals surface area contributed by atoms with Gasteiger partial charge in [0.15, 0.2) is 0 Å². The van der Waals surface area contributed by atoms with Crippen LogP contribution in [0.25, 0.3) is 11.3 Å². The Morgan fingerprint density at radius 2 is 2.00 bits per heavy atom. The highest BCUT2D eigenvalue weighted by Crippen LogP contribution is 2.26. The highest BCUT2D eigenvalue weighted by molar-refractivity contribution is 6.18. The molecule has 0 saturated heterocycles. The quantitative estimate of drug-likeness (QED) is 0.560. The van der Waals surface area contributed by atoms with Gasteiger partial charge in [0.2, 0.25) is 0 Å². The van der Waals surface area contributed by atoms with Gasteiger partial charge in [-0.1, -0.05) is 30.3 Å². The molecular weight excluding hydrogens is 318 g/mol. The molecule has 0 atom stereocenters. The van der Waals surface area contributed by atoms with E-state index in [1.807, 2.05) is 30.3 Å². The lowest BCUT2D eigenvalue weighted by atomic mass is 10.1. The van der Waals surface area contributed by atoms with Crippen LogP contribution in [-0.2, 0) is 4.74 Å². The minimum Gasteiger partial charge on any atom is -0.461 e. The number of hydrogen-bond donors (Lipinski definition) is 3. The zero-order valence-corrected chi connectivity index (χ0v) is 13.4. The number of halogens is 1. The maximum absolute atomic E-state index is 12.1. The number of nitrogens with one attached hydrogen (secondary N) is 3. The first-order valence-electron chi connectivity index (χ1n) is 7.22. The van der Waals surface area contributed by atoms with Crippen molar-refractivity contribution in [3.8, 4) is 11.3 Å². The first kappa shape index (κ1) is 16.9. The molecule has 0 spiro atoms. The van der Waals surface area contributed by atoms with E-state index < -0.39 is 12.0 Å². The Morgan fingerprint density at radius 1 is 1.26 bits per heavy atom. The van der Waals surface area contributed by atoms with E-state index in [9.17, 15) is 9.59 Å². The molecule has 0 aliphatic rings. The number of hydrogen-bond acceptors (Lipinski definition) is 3. The van der Waals surface area contributed by atoms with Crippen molar-refractivity contribution < 1.29 is 14.3 Å². The molecular formula is C16H18ClN3O3. The lowest BCUT2D eigenvalue weighted by molar-refractivity contribution is 0.0521. The second kappa shape index (κ2) is 8.24. The topological polar surface area (TPSA) is 83.2 Å². The van der Waals surface area contributed by atoms with Gasteiger partial charge in [0.25, 0.3) is 0 Å². The van der Waals surface area contributed by atoms with Crippen molar-refractivity contribution in [3.63, 3.8) is 0 Å². The molecule has 1 heterocycles. The number of rotatable bonds is 6. The van der Waals surface area contributed by atoms with Gasteiger partial charge in [-0.15, -0.1) is 11.6 Å². The third-order valence-electron chi connectivity index (χ3n) is 3.01. The maximum atomic E-state index is 12.1. The zero-order chi connectivity index (χ0) is 16.7. The van der Waals surface area contributed by atoms with Crippen molar-refractivity contribution in [3.05, 3.63) is 42.1 Å². The first-order chi connectivity index (χ1) is 11.2. The van der Waals surface area contributed by atoms with E-state index in [1.54, 1.807) is 13.0 Å². The second-order valence-electron chi connectivity index (χ2n) is 4.63. The van der Waals surface area contributed by atoms with Gasteiger partial charge in [-0.3, -0.25) is 0 Å². The summed E-state index contributed by atoms with van der Waals surface area (Å²) in [6, 6.07) is 10.7. The molecule has 0 aliphatic heterocycles. The Bertz CT molecular complexity index is 670. The van der Waals surface area contributed by atoms with Crippen molar-refractivity contribution in [2.75, 3.05) is 24.3 Å². The standard InChI is InChI=1S/C16H18ClN3O3/c1-2-23-15(21)14-13(20-16(22)18-9-8-17)10-12(19-14)11-6-4-3-5-7-11/h3-7,10,19H,2,8-9H2,1H3,(H2,18,20,22). The SMILES string of the molecule is CCOC(=O)c1[nH]c(-c2ccccc2)cc1NC(=O)NCCCl. The number of urea groups is 1. The first-order valence-corrected chi connectivity index (χ1v) is 7.75. The normalized spacial score (nSPS) is 10.2. The number of alkyl halides is 1. The summed E-state index contributed by atoms with van der Waals surface area (Å²) in [5.74, 6) is -0.220. The fourth-order valence-electron chi connectivity index (χ4n) is 2.02. The van der Waals surface area contributed by atoms with E-state index in [0.717, 1.165) is 5.56 Å². The number of benzene rings is 1. The predicted octanol–water partition coefficient (Wildman–Crippen LogP) is 3.22. The van der Waals surface area contributed by atoms with Crippen LogP contribution < -0.4 is 10.6 Å². The number of anilines is 1. The molecule has 6 nitrogen and oxygen atoms in total. The van der Waals surface area contributed by atoms with Gasteiger partial charge < -0.3 is 20.4 Å². The van der Waals surface area contributed by atoms with Crippen LogP contribution in [0.2, 0.25) is 0 Å². The number of H-pyrrole nitrogens is 1. The van der Waals surface area contributed by atoms with Crippen molar-refractivity contribution in [1.29, 1.82) is 0 Å². The number of amides is 2. The molecule has 1 aromatic heterocycles. The Balaban J connectivity index is 2.29. The van der Waals surface area contributed by atoms with E-state index in [0.29, 0.717) is 23.8 Å². The van der Waals surface area contributed by atoms with Crippen molar-refractivity contribution in [2.45, 2.75) is 6.92 Å². The summed E-state index contributed by atoms with van der Waals surface area (Å²) in [6.45, 7) is 2.30. The van der Waals surface area contributed by atoms with Crippen LogP contribution >= 0.6 is 11.6 Å². The monoisotopic (exact) mass is 335 g/mol. The average Bonchev–Trinajstić information content (AvgIpc) is 2.98. The van der Waals surface area contributed by atoms with Gasteiger partial charge in [-0.25, -0.2) is 9.59 Å². The van der Waals surface area contributed by atoms with E-state index >= 15 is 0 Å². The molecule has 3 N–H and O–H groups in total. The number of aromatic amines is 1. The van der Waals surface area contributed by atoms with Crippen LogP contribution in [0.4, 0.5) is 10.5 Å². The third kappa shape index (κ3) is 4.50. The summed E-state index contributed by atoms with van der Waals surface area (Å²) >= 11 is 5.53. The molecule has 2 amide bonds. The highest BCUT2D eigenvalue weighted by Gasteiger charge is 2.19. The summed E-state index contributed by atoms with van der Waals surface area (Å²) in [6.07, 6.45) is 0. The van der Waals surface area contributed by atoms with Crippen LogP contribution in [0.5, 0.6) is 0 Å². The summed E-state index contributed by atoms with van der Waals surface area (Å²) < 4.78 is 5.02. The number of carbonyl (C=O) groups is 2. The molecule has 1 aromatic carbocycles. The molecule has 0 bridgehead atoms. The Morgan fingerprint density at radius 3 is 2.65 bits per heavy atom. The molecule has 122 valence electrons. The van der Waals surface area contributed by atoms with E-state index in [2.05, 4.69) is 15.6 Å². The zero-order valence-electron chi connectivity index (χ0n) is 12.7. The van der Waals surface area contributed by atoms with Crippen LogP contribution in [0.15, 0.2) is 36.4 Å². The molecule has 2 rings (SSSR count). The molecule has 0 unspecified atom stereocenters. The number of ether oxygens (including phenoxy) is 1. The summed E-state index contributed by atoms with van der Waals surface area (Å²) in [5.41, 5.74) is 2.16. The lowest BCUT2D eigenvalue weighted by Gasteiger charge is -2.06. The number of esters is 1. The number of aromatic nitrogens is 1. The van der Waals surface area contributed by atoms with Gasteiger partial charge >= 0.3 is 12.0 Å². The molecule has 0 aliphatic carbocycles. The van der Waals surface area contributed by atoms with Crippen molar-refractivity contribution in [1.82, 2.24) is 10.3 Å². The van der Waals surface area contributed by atoms with Gasteiger partial charge in [0.1, 0.15) is 5.69 Å². The summed E-state index contributed by atoms with van der Waals surface area (Å²) in [5, 5.41) is 5.21. The van der Waals surface area contributed by atoms with Crippen molar-refractivity contribution >= 4 is 29.3 Å². The van der Waals surface area contributed by atoms with Crippen LogP contribution in [-0.4, -0.2) is 36.0 Å². The van der Waals surface area contributed by atoms with Crippen LogP contribution in [0.1, 0.15) is 17.4 Å². The second-order valence-corrected chi connectivity index (χ2v) is 5.01. The molecule has 0 saturated carbocycles. The molecule has 23 heavy (non-hydrogen) atoms. The summed E-state index contributed by atoms with van der Waals surface area (Å²) in [7, 11) is 0. The largest absolute Gasteiger partial charge is 0.461 e. The highest BCUT2D eigenvalue weighted by atomic mass is 35.5. The van der Waals surface area contributed by atoms with E-state index in [-0.39, 0.29) is 12.3 Å². The number of carbonyl (C=O) groups excluding carboxylic acids is 2. The Hall–Kier alpha value is -2.47. The molecule has 0 radical (unpaired) electrons. The van der Waals surface area contributed by atoms with Crippen LogP contribution in [0.3, 0.4) is 0 Å². The molecule has 7 heteroatoms. The minimum absolute atomic E-state index is 0.201. The lowest BCUT2D eigenvalue weighted by Crippen LogP contribution is -2.30. The van der Waals surface area contributed by atoms with Crippen molar-refractivity contribution in [2.24, 2.45) is 0 Å². The Kier molecular flexibility index (Phi) is 6.05. The predicted molar refractivity (Wildman–Crippen MR) is 89.9 cm³/mol. The average molecular weight is 336 g/mol. The fraction of sp³-hybridized carbons (Fsp3) is 0.250. The summed E-state index contributed by atoms with van der Waals surface area (Å²) in [4.78, 5) is 26.9. The smallest absolute Gasteiger partial charge is 0.356 e. The van der Waals surface area contributed by atoms with Gasteiger partial charge in [0.05, 0.1) is 12.3 Å². The maximum Gasteiger partial charge on any atom is 0.356 e. The van der Waals surface area contributed by atoms with E-state index in [1.165, 1.54) is 0 Å². The fourth-order valence-corrected chi connectivity index (χ4v) is 2.11. The van der Waals surface area contributed by atoms with Gasteiger partial charge in [-0.2, -0.15) is 0 Å². The van der Waals surface area contributed by atoms with Crippen LogP contribution in [0, 0.1) is 0 Å².